The number of hydrogen-bond acceptors (Lipinski definition) is 4. The highest BCUT2D eigenvalue weighted by Crippen LogP contribution is 2.05. The molecule has 0 amide bonds. The summed E-state index contributed by atoms with van der Waals surface area (Å²) in [5.41, 5.74) is 6.34. The number of oxime groups is 1. The van der Waals surface area contributed by atoms with Gasteiger partial charge in [0.05, 0.1) is 5.56 Å². The zero-order valence-electron chi connectivity index (χ0n) is 9.79. The summed E-state index contributed by atoms with van der Waals surface area (Å²) < 4.78 is 12.7. The third-order valence-corrected chi connectivity index (χ3v) is 2.26. The summed E-state index contributed by atoms with van der Waals surface area (Å²) in [6.07, 6.45) is 3.08. The second kappa shape index (κ2) is 5.72. The largest absolute Gasteiger partial charge is 0.380 e. The number of carbonyl (C=O) groups excluding carboxylic acids is 1. The summed E-state index contributed by atoms with van der Waals surface area (Å²) in [5.74, 6) is -1.12. The standard InChI is InChI=1S/C13H10FN3O2/c14-11-5-3-9(4-6-11)13(18)19-17-12(15)10-2-1-7-16-8-10/h1-8H,(H2,15,17). The predicted molar refractivity (Wildman–Crippen MR) is 66.8 cm³/mol. The van der Waals surface area contributed by atoms with Crippen molar-refractivity contribution >= 4 is 11.8 Å². The van der Waals surface area contributed by atoms with Crippen LogP contribution in [0.1, 0.15) is 15.9 Å². The first kappa shape index (κ1) is 12.7. The van der Waals surface area contributed by atoms with Crippen molar-refractivity contribution in [2.45, 2.75) is 0 Å². The van der Waals surface area contributed by atoms with E-state index in [1.165, 1.54) is 18.3 Å². The van der Waals surface area contributed by atoms with E-state index in [0.29, 0.717) is 5.56 Å². The second-order valence-corrected chi connectivity index (χ2v) is 3.60. The normalized spacial score (nSPS) is 11.1. The number of pyridine rings is 1. The van der Waals surface area contributed by atoms with Crippen molar-refractivity contribution < 1.29 is 14.0 Å². The molecule has 2 aromatic rings. The number of carbonyl (C=O) groups is 1. The van der Waals surface area contributed by atoms with E-state index in [9.17, 15) is 9.18 Å². The number of nitrogens with zero attached hydrogens (tertiary/aromatic N) is 2. The van der Waals surface area contributed by atoms with E-state index >= 15 is 0 Å². The molecule has 5 nitrogen and oxygen atoms in total. The van der Waals surface area contributed by atoms with E-state index in [-0.39, 0.29) is 11.4 Å². The smallest absolute Gasteiger partial charge is 0.365 e. The van der Waals surface area contributed by atoms with Gasteiger partial charge in [-0.25, -0.2) is 9.18 Å². The van der Waals surface area contributed by atoms with Crippen molar-refractivity contribution in [2.24, 2.45) is 10.9 Å². The van der Waals surface area contributed by atoms with Crippen molar-refractivity contribution in [3.63, 3.8) is 0 Å². The van der Waals surface area contributed by atoms with Crippen molar-refractivity contribution in [3.8, 4) is 0 Å². The quantitative estimate of drug-likeness (QED) is 0.394. The molecular formula is C13H10FN3O2. The van der Waals surface area contributed by atoms with Crippen molar-refractivity contribution in [1.29, 1.82) is 0 Å². The molecular weight excluding hydrogens is 249 g/mol. The molecule has 0 fully saturated rings. The molecule has 0 radical (unpaired) electrons. The third-order valence-electron chi connectivity index (χ3n) is 2.26. The Morgan fingerprint density at radius 2 is 1.95 bits per heavy atom. The lowest BCUT2D eigenvalue weighted by Crippen LogP contribution is -2.15. The molecule has 2 rings (SSSR count). The Bertz CT molecular complexity index is 597. The first-order valence-electron chi connectivity index (χ1n) is 5.37. The lowest BCUT2D eigenvalue weighted by molar-refractivity contribution is 0.0516. The van der Waals surface area contributed by atoms with Crippen LogP contribution in [0, 0.1) is 5.82 Å². The van der Waals surface area contributed by atoms with Crippen LogP contribution < -0.4 is 5.73 Å². The molecule has 0 saturated carbocycles. The van der Waals surface area contributed by atoms with E-state index in [0.717, 1.165) is 12.1 Å². The van der Waals surface area contributed by atoms with Crippen LogP contribution in [0.3, 0.4) is 0 Å². The van der Waals surface area contributed by atoms with Gasteiger partial charge in [0.1, 0.15) is 5.82 Å². The Morgan fingerprint density at radius 3 is 2.58 bits per heavy atom. The van der Waals surface area contributed by atoms with Crippen molar-refractivity contribution in [1.82, 2.24) is 4.98 Å². The Kier molecular flexibility index (Phi) is 3.82. The molecule has 0 aliphatic carbocycles. The highest BCUT2D eigenvalue weighted by Gasteiger charge is 2.07. The molecule has 0 aliphatic heterocycles. The maximum atomic E-state index is 12.7. The van der Waals surface area contributed by atoms with E-state index in [1.54, 1.807) is 18.3 Å². The summed E-state index contributed by atoms with van der Waals surface area (Å²) >= 11 is 0. The van der Waals surface area contributed by atoms with Gasteiger partial charge in [-0.15, -0.1) is 0 Å². The van der Waals surface area contributed by atoms with Gasteiger partial charge in [0.15, 0.2) is 5.84 Å². The maximum absolute atomic E-state index is 12.7. The molecule has 1 aromatic carbocycles. The molecule has 0 unspecified atom stereocenters. The van der Waals surface area contributed by atoms with Gasteiger partial charge in [-0.3, -0.25) is 4.98 Å². The zero-order valence-corrected chi connectivity index (χ0v) is 9.79. The van der Waals surface area contributed by atoms with E-state index in [4.69, 9.17) is 5.73 Å². The Hall–Kier alpha value is -2.76. The van der Waals surface area contributed by atoms with Crippen LogP contribution in [0.4, 0.5) is 4.39 Å². The first-order valence-corrected chi connectivity index (χ1v) is 5.37. The van der Waals surface area contributed by atoms with Gasteiger partial charge in [-0.1, -0.05) is 5.16 Å². The number of amidine groups is 1. The van der Waals surface area contributed by atoms with E-state index in [2.05, 4.69) is 15.0 Å². The Morgan fingerprint density at radius 1 is 1.21 bits per heavy atom. The van der Waals surface area contributed by atoms with Crippen LogP contribution in [-0.4, -0.2) is 16.8 Å². The van der Waals surface area contributed by atoms with Crippen LogP contribution in [0.5, 0.6) is 0 Å². The first-order chi connectivity index (χ1) is 9.16. The summed E-state index contributed by atoms with van der Waals surface area (Å²) in [7, 11) is 0. The number of halogens is 1. The topological polar surface area (TPSA) is 77.6 Å². The number of aromatic nitrogens is 1. The predicted octanol–water partition coefficient (Wildman–Crippen LogP) is 1.70. The maximum Gasteiger partial charge on any atom is 0.365 e. The van der Waals surface area contributed by atoms with E-state index < -0.39 is 11.8 Å². The van der Waals surface area contributed by atoms with Gasteiger partial charge < -0.3 is 10.6 Å². The van der Waals surface area contributed by atoms with Crippen molar-refractivity contribution in [2.75, 3.05) is 0 Å². The van der Waals surface area contributed by atoms with E-state index in [1.807, 2.05) is 0 Å². The van der Waals surface area contributed by atoms with Gasteiger partial charge in [0.25, 0.3) is 0 Å². The molecule has 0 atom stereocenters. The second-order valence-electron chi connectivity index (χ2n) is 3.60. The van der Waals surface area contributed by atoms with Gasteiger partial charge in [-0.2, -0.15) is 0 Å². The monoisotopic (exact) mass is 259 g/mol. The van der Waals surface area contributed by atoms with Gasteiger partial charge >= 0.3 is 5.97 Å². The molecule has 6 heteroatoms. The summed E-state index contributed by atoms with van der Waals surface area (Å²) in [6, 6.07) is 8.27. The summed E-state index contributed by atoms with van der Waals surface area (Å²) in [4.78, 5) is 20.1. The summed E-state index contributed by atoms with van der Waals surface area (Å²) in [6.45, 7) is 0. The molecule has 1 aromatic heterocycles. The number of nitrogens with two attached hydrogens (primary N) is 1. The van der Waals surface area contributed by atoms with Crippen LogP contribution in [-0.2, 0) is 4.84 Å². The summed E-state index contributed by atoms with van der Waals surface area (Å²) in [5, 5.41) is 3.50. The zero-order chi connectivity index (χ0) is 13.7. The minimum absolute atomic E-state index is 0.0311. The molecule has 0 bridgehead atoms. The molecule has 0 saturated heterocycles. The number of hydrogen-bond donors (Lipinski definition) is 1. The van der Waals surface area contributed by atoms with Gasteiger partial charge in [0, 0.05) is 18.0 Å². The average Bonchev–Trinajstić information content (AvgIpc) is 2.46. The van der Waals surface area contributed by atoms with Crippen LogP contribution in [0.15, 0.2) is 53.9 Å². The van der Waals surface area contributed by atoms with Crippen LogP contribution in [0.25, 0.3) is 0 Å². The van der Waals surface area contributed by atoms with Crippen molar-refractivity contribution in [3.05, 3.63) is 65.7 Å². The third kappa shape index (κ3) is 3.35. The fourth-order valence-corrected chi connectivity index (χ4v) is 1.30. The molecule has 2 N–H and O–H groups in total. The molecule has 19 heavy (non-hydrogen) atoms. The Labute approximate surface area is 108 Å². The SMILES string of the molecule is N/C(=N/OC(=O)c1ccc(F)cc1)c1cccnc1. The molecule has 0 aliphatic rings. The molecule has 96 valence electrons. The fourth-order valence-electron chi connectivity index (χ4n) is 1.30. The minimum Gasteiger partial charge on any atom is -0.380 e. The minimum atomic E-state index is -0.716. The number of rotatable bonds is 3. The molecule has 1 heterocycles. The lowest BCUT2D eigenvalue weighted by Gasteiger charge is -2.00. The average molecular weight is 259 g/mol. The highest BCUT2D eigenvalue weighted by atomic mass is 19.1. The van der Waals surface area contributed by atoms with Crippen LogP contribution >= 0.6 is 0 Å². The van der Waals surface area contributed by atoms with Gasteiger partial charge in [-0.05, 0) is 36.4 Å². The lowest BCUT2D eigenvalue weighted by atomic mass is 10.2. The van der Waals surface area contributed by atoms with Crippen LogP contribution in [0.2, 0.25) is 0 Å². The number of benzene rings is 1. The Balaban J connectivity index is 2.06. The van der Waals surface area contributed by atoms with Gasteiger partial charge in [0.2, 0.25) is 0 Å². The molecule has 0 spiro atoms. The fraction of sp³-hybridized carbons (Fsp3) is 0. The highest BCUT2D eigenvalue weighted by molar-refractivity contribution is 5.97.